The minimum Gasteiger partial charge on any atom is -0.350 e. The zero-order valence-corrected chi connectivity index (χ0v) is 16.7. The number of H-pyrrole nitrogens is 1. The van der Waals surface area contributed by atoms with Crippen molar-refractivity contribution in [2.45, 2.75) is 20.4 Å². The third kappa shape index (κ3) is 3.67. The maximum atomic E-state index is 12.8. The molecule has 30 heavy (non-hydrogen) atoms. The van der Waals surface area contributed by atoms with Crippen molar-refractivity contribution in [1.82, 2.24) is 24.5 Å². The number of hydrogen-bond acceptors (Lipinski definition) is 4. The van der Waals surface area contributed by atoms with Crippen LogP contribution in [0.25, 0.3) is 16.8 Å². The second-order valence-corrected chi connectivity index (χ2v) is 7.12. The molecule has 3 heterocycles. The standard InChI is InChI=1S/C22H21N5O3/c1-14-5-6-16(12-15(14)2)18-13-19-22(30)26(10-11-27(19)25-18)9-8-24-21(29)17-4-3-7-23-20(17)28/h3-7,10-13H,8-9H2,1-2H3,(H,23,28)(H,24,29). The molecule has 8 nitrogen and oxygen atoms in total. The third-order valence-corrected chi connectivity index (χ3v) is 5.11. The maximum Gasteiger partial charge on any atom is 0.276 e. The Morgan fingerprint density at radius 2 is 1.93 bits per heavy atom. The van der Waals surface area contributed by atoms with Gasteiger partial charge in [0.05, 0.1) is 5.69 Å². The summed E-state index contributed by atoms with van der Waals surface area (Å²) in [6.07, 6.45) is 4.81. The number of rotatable bonds is 5. The second-order valence-electron chi connectivity index (χ2n) is 7.12. The van der Waals surface area contributed by atoms with E-state index in [0.29, 0.717) is 5.52 Å². The largest absolute Gasteiger partial charge is 0.350 e. The Morgan fingerprint density at radius 3 is 2.70 bits per heavy atom. The number of carbonyl (C=O) groups is 1. The number of pyridine rings is 1. The van der Waals surface area contributed by atoms with Crippen LogP contribution in [0, 0.1) is 13.8 Å². The molecule has 152 valence electrons. The molecule has 0 radical (unpaired) electrons. The van der Waals surface area contributed by atoms with Crippen LogP contribution in [-0.4, -0.2) is 31.6 Å². The first-order chi connectivity index (χ1) is 14.4. The van der Waals surface area contributed by atoms with Crippen LogP contribution < -0.4 is 16.4 Å². The van der Waals surface area contributed by atoms with Gasteiger partial charge in [-0.2, -0.15) is 5.10 Å². The van der Waals surface area contributed by atoms with Gasteiger partial charge < -0.3 is 14.9 Å². The number of nitrogens with one attached hydrogen (secondary N) is 2. The van der Waals surface area contributed by atoms with Gasteiger partial charge in [0, 0.05) is 37.2 Å². The molecule has 0 saturated carbocycles. The van der Waals surface area contributed by atoms with Crippen molar-refractivity contribution in [3.8, 4) is 11.3 Å². The Morgan fingerprint density at radius 1 is 1.10 bits per heavy atom. The van der Waals surface area contributed by atoms with Gasteiger partial charge in [0.25, 0.3) is 17.0 Å². The Kier molecular flexibility index (Phi) is 5.05. The molecule has 0 bridgehead atoms. The van der Waals surface area contributed by atoms with E-state index >= 15 is 0 Å². The summed E-state index contributed by atoms with van der Waals surface area (Å²) in [5.41, 5.74) is 3.88. The van der Waals surface area contributed by atoms with Gasteiger partial charge in [-0.25, -0.2) is 4.52 Å². The Hall–Kier alpha value is -3.94. The third-order valence-electron chi connectivity index (χ3n) is 5.11. The average molecular weight is 403 g/mol. The molecule has 1 aromatic carbocycles. The monoisotopic (exact) mass is 403 g/mol. The lowest BCUT2D eigenvalue weighted by atomic mass is 10.0. The van der Waals surface area contributed by atoms with E-state index in [1.54, 1.807) is 29.0 Å². The number of aromatic amines is 1. The maximum absolute atomic E-state index is 12.8. The molecule has 3 aromatic heterocycles. The molecule has 0 aliphatic carbocycles. The van der Waals surface area contributed by atoms with Gasteiger partial charge in [0.15, 0.2) is 0 Å². The summed E-state index contributed by atoms with van der Waals surface area (Å²) < 4.78 is 3.07. The normalized spacial score (nSPS) is 11.0. The van der Waals surface area contributed by atoms with Crippen LogP contribution in [0.3, 0.4) is 0 Å². The van der Waals surface area contributed by atoms with Gasteiger partial charge in [-0.15, -0.1) is 0 Å². The first-order valence-corrected chi connectivity index (χ1v) is 9.56. The van der Waals surface area contributed by atoms with Crippen molar-refractivity contribution in [3.63, 3.8) is 0 Å². The number of aromatic nitrogens is 4. The number of aryl methyl sites for hydroxylation is 2. The molecule has 4 rings (SSSR count). The summed E-state index contributed by atoms with van der Waals surface area (Å²) in [4.78, 5) is 39.1. The van der Waals surface area contributed by atoms with Crippen molar-refractivity contribution in [3.05, 3.63) is 92.4 Å². The number of fused-ring (bicyclic) bond motifs is 1. The molecule has 0 aliphatic rings. The molecule has 0 aliphatic heterocycles. The molecule has 8 heteroatoms. The number of benzene rings is 1. The summed E-state index contributed by atoms with van der Waals surface area (Å²) in [7, 11) is 0. The topological polar surface area (TPSA) is 101 Å². The predicted octanol–water partition coefficient (Wildman–Crippen LogP) is 1.90. The molecule has 0 unspecified atom stereocenters. The van der Waals surface area contributed by atoms with Crippen LogP contribution in [-0.2, 0) is 6.54 Å². The van der Waals surface area contributed by atoms with Crippen LogP contribution in [0.5, 0.6) is 0 Å². The highest BCUT2D eigenvalue weighted by Crippen LogP contribution is 2.21. The average Bonchev–Trinajstić information content (AvgIpc) is 3.17. The predicted molar refractivity (Wildman–Crippen MR) is 114 cm³/mol. The molecule has 0 atom stereocenters. The Balaban J connectivity index is 1.53. The molecule has 4 aromatic rings. The fourth-order valence-corrected chi connectivity index (χ4v) is 3.23. The smallest absolute Gasteiger partial charge is 0.276 e. The molecule has 1 amide bonds. The van der Waals surface area contributed by atoms with Crippen molar-refractivity contribution in [2.75, 3.05) is 6.54 Å². The van der Waals surface area contributed by atoms with Crippen LogP contribution in [0.1, 0.15) is 21.5 Å². The minimum atomic E-state index is -0.479. The van der Waals surface area contributed by atoms with Crippen molar-refractivity contribution >= 4 is 11.4 Å². The van der Waals surface area contributed by atoms with Gasteiger partial charge in [-0.1, -0.05) is 12.1 Å². The van der Waals surface area contributed by atoms with E-state index in [1.807, 2.05) is 26.0 Å². The van der Waals surface area contributed by atoms with Crippen LogP contribution in [0.4, 0.5) is 0 Å². The molecule has 2 N–H and O–H groups in total. The van der Waals surface area contributed by atoms with Gasteiger partial charge >= 0.3 is 0 Å². The fourth-order valence-electron chi connectivity index (χ4n) is 3.23. The Bertz CT molecular complexity index is 1360. The summed E-state index contributed by atoms with van der Waals surface area (Å²) in [5.74, 6) is -0.479. The van der Waals surface area contributed by atoms with E-state index in [2.05, 4.69) is 21.5 Å². The zero-order valence-electron chi connectivity index (χ0n) is 16.7. The Labute approximate surface area is 171 Å². The molecule has 0 spiro atoms. The number of amides is 1. The lowest BCUT2D eigenvalue weighted by Crippen LogP contribution is -2.33. The molecular weight excluding hydrogens is 382 g/mol. The van der Waals surface area contributed by atoms with Crippen molar-refractivity contribution < 1.29 is 4.79 Å². The first-order valence-electron chi connectivity index (χ1n) is 9.56. The van der Waals surface area contributed by atoms with E-state index in [4.69, 9.17) is 0 Å². The van der Waals surface area contributed by atoms with Gasteiger partial charge in [0.2, 0.25) is 0 Å². The first kappa shape index (κ1) is 19.4. The van der Waals surface area contributed by atoms with Gasteiger partial charge in [0.1, 0.15) is 11.1 Å². The van der Waals surface area contributed by atoms with Crippen molar-refractivity contribution in [1.29, 1.82) is 0 Å². The van der Waals surface area contributed by atoms with Crippen molar-refractivity contribution in [2.24, 2.45) is 0 Å². The molecule has 0 saturated heterocycles. The quantitative estimate of drug-likeness (QED) is 0.531. The van der Waals surface area contributed by atoms with E-state index in [0.717, 1.165) is 16.8 Å². The van der Waals surface area contributed by atoms with Crippen LogP contribution >= 0.6 is 0 Å². The van der Waals surface area contributed by atoms with E-state index in [-0.39, 0.29) is 24.2 Å². The summed E-state index contributed by atoms with van der Waals surface area (Å²) in [5, 5.41) is 7.17. The second kappa shape index (κ2) is 7.82. The lowest BCUT2D eigenvalue weighted by Gasteiger charge is -2.07. The lowest BCUT2D eigenvalue weighted by molar-refractivity contribution is 0.0950. The van der Waals surface area contributed by atoms with E-state index < -0.39 is 11.5 Å². The highest BCUT2D eigenvalue weighted by molar-refractivity contribution is 5.93. The number of carbonyl (C=O) groups excluding carboxylic acids is 1. The SMILES string of the molecule is Cc1ccc(-c2cc3c(=O)n(CCNC(=O)c4ccc[nH]c4=O)ccn3n2)cc1C. The van der Waals surface area contributed by atoms with Gasteiger partial charge in [-0.3, -0.25) is 14.4 Å². The molecular formula is C22H21N5O3. The summed E-state index contributed by atoms with van der Waals surface area (Å²) in [6, 6.07) is 10.9. The highest BCUT2D eigenvalue weighted by atomic mass is 16.2. The summed E-state index contributed by atoms with van der Waals surface area (Å²) >= 11 is 0. The zero-order chi connectivity index (χ0) is 21.3. The fraction of sp³-hybridized carbons (Fsp3) is 0.182. The van der Waals surface area contributed by atoms with Crippen LogP contribution in [0.2, 0.25) is 0 Å². The van der Waals surface area contributed by atoms with Gasteiger partial charge in [-0.05, 0) is 49.2 Å². The highest BCUT2D eigenvalue weighted by Gasteiger charge is 2.11. The van der Waals surface area contributed by atoms with Crippen LogP contribution in [0.15, 0.2) is 64.6 Å². The minimum absolute atomic E-state index is 0.0362. The number of hydrogen-bond donors (Lipinski definition) is 2. The summed E-state index contributed by atoms with van der Waals surface area (Å²) in [6.45, 7) is 4.57. The van der Waals surface area contributed by atoms with E-state index in [1.165, 1.54) is 22.4 Å². The van der Waals surface area contributed by atoms with E-state index in [9.17, 15) is 14.4 Å². The number of nitrogens with zero attached hydrogens (tertiary/aromatic N) is 3. The molecule has 0 fully saturated rings.